The van der Waals surface area contributed by atoms with Crippen LogP contribution in [0.4, 0.5) is 0 Å². The summed E-state index contributed by atoms with van der Waals surface area (Å²) in [7, 11) is 0. The summed E-state index contributed by atoms with van der Waals surface area (Å²) in [4.78, 5) is 10.3. The Kier molecular flexibility index (Phi) is 1.09. The van der Waals surface area contributed by atoms with Gasteiger partial charge in [0.2, 0.25) is 0 Å². The highest BCUT2D eigenvalue weighted by molar-refractivity contribution is 5.55. The number of epoxide rings is 1. The SMILES string of the molecule is O=CC1CCCC2OC12. The predicted molar refractivity (Wildman–Crippen MR) is 32.1 cm³/mol. The number of fused-ring (bicyclic) bond motifs is 1. The fourth-order valence-corrected chi connectivity index (χ4v) is 1.63. The van der Waals surface area contributed by atoms with Gasteiger partial charge < -0.3 is 9.53 Å². The molecule has 50 valence electrons. The van der Waals surface area contributed by atoms with Crippen LogP contribution in [0.1, 0.15) is 19.3 Å². The van der Waals surface area contributed by atoms with E-state index in [2.05, 4.69) is 0 Å². The van der Waals surface area contributed by atoms with E-state index in [1.807, 2.05) is 0 Å². The van der Waals surface area contributed by atoms with Gasteiger partial charge in [-0.3, -0.25) is 0 Å². The quantitative estimate of drug-likeness (QED) is 0.383. The first kappa shape index (κ1) is 5.42. The second-order valence-electron chi connectivity index (χ2n) is 2.87. The van der Waals surface area contributed by atoms with Gasteiger partial charge in [-0.15, -0.1) is 0 Å². The molecule has 1 saturated heterocycles. The van der Waals surface area contributed by atoms with E-state index >= 15 is 0 Å². The molecule has 0 N–H and O–H groups in total. The van der Waals surface area contributed by atoms with Crippen molar-refractivity contribution < 1.29 is 9.53 Å². The molecule has 1 saturated carbocycles. The zero-order valence-electron chi connectivity index (χ0n) is 5.25. The molecule has 3 unspecified atom stereocenters. The summed E-state index contributed by atoms with van der Waals surface area (Å²) in [5.74, 6) is 0.226. The number of carbonyl (C=O) groups excluding carboxylic acids is 1. The molecule has 1 aliphatic carbocycles. The summed E-state index contributed by atoms with van der Waals surface area (Å²) in [5, 5.41) is 0. The van der Waals surface area contributed by atoms with Gasteiger partial charge in [0, 0.05) is 5.92 Å². The second-order valence-corrected chi connectivity index (χ2v) is 2.87. The van der Waals surface area contributed by atoms with Gasteiger partial charge in [0.05, 0.1) is 12.2 Å². The Morgan fingerprint density at radius 2 is 2.33 bits per heavy atom. The number of carbonyl (C=O) groups is 1. The number of rotatable bonds is 1. The molecule has 0 aromatic carbocycles. The summed E-state index contributed by atoms with van der Waals surface area (Å²) in [6.07, 6.45) is 5.21. The minimum absolute atomic E-state index is 0.226. The van der Waals surface area contributed by atoms with Gasteiger partial charge in [-0.1, -0.05) is 0 Å². The number of hydrogen-bond acceptors (Lipinski definition) is 2. The molecular weight excluding hydrogens is 116 g/mol. The van der Waals surface area contributed by atoms with Crippen molar-refractivity contribution in [1.29, 1.82) is 0 Å². The smallest absolute Gasteiger partial charge is 0.125 e. The lowest BCUT2D eigenvalue weighted by molar-refractivity contribution is -0.111. The largest absolute Gasteiger partial charge is 0.369 e. The molecule has 2 nitrogen and oxygen atoms in total. The Morgan fingerprint density at radius 1 is 1.44 bits per heavy atom. The van der Waals surface area contributed by atoms with Crippen molar-refractivity contribution in [3.63, 3.8) is 0 Å². The molecule has 0 amide bonds. The van der Waals surface area contributed by atoms with Crippen LogP contribution in [0.25, 0.3) is 0 Å². The third-order valence-electron chi connectivity index (χ3n) is 2.24. The Hall–Kier alpha value is -0.370. The molecule has 0 bridgehead atoms. The van der Waals surface area contributed by atoms with Gasteiger partial charge in [0.25, 0.3) is 0 Å². The molecule has 2 heteroatoms. The van der Waals surface area contributed by atoms with E-state index in [4.69, 9.17) is 4.74 Å². The first-order valence-corrected chi connectivity index (χ1v) is 3.52. The van der Waals surface area contributed by atoms with Crippen molar-refractivity contribution in [2.45, 2.75) is 31.5 Å². The van der Waals surface area contributed by atoms with E-state index in [9.17, 15) is 4.79 Å². The van der Waals surface area contributed by atoms with Crippen molar-refractivity contribution in [3.8, 4) is 0 Å². The third-order valence-corrected chi connectivity index (χ3v) is 2.24. The summed E-state index contributed by atoms with van der Waals surface area (Å²) in [5.41, 5.74) is 0. The van der Waals surface area contributed by atoms with Gasteiger partial charge >= 0.3 is 0 Å². The summed E-state index contributed by atoms with van der Waals surface area (Å²) < 4.78 is 5.25. The topological polar surface area (TPSA) is 29.6 Å². The number of hydrogen-bond donors (Lipinski definition) is 0. The minimum atomic E-state index is 0.226. The highest BCUT2D eigenvalue weighted by Crippen LogP contribution is 2.39. The molecule has 0 spiro atoms. The van der Waals surface area contributed by atoms with Crippen LogP contribution in [-0.4, -0.2) is 18.5 Å². The van der Waals surface area contributed by atoms with Crippen LogP contribution < -0.4 is 0 Å². The normalized spacial score (nSPS) is 47.8. The standard InChI is InChI=1S/C7H10O2/c8-4-5-2-1-3-6-7(5)9-6/h4-7H,1-3H2. The Balaban J connectivity index is 2.00. The Morgan fingerprint density at radius 3 is 3.00 bits per heavy atom. The van der Waals surface area contributed by atoms with Crippen LogP contribution in [0.3, 0.4) is 0 Å². The molecule has 0 aromatic rings. The molecule has 2 rings (SSSR count). The van der Waals surface area contributed by atoms with Gasteiger partial charge in [-0.25, -0.2) is 0 Å². The molecule has 3 atom stereocenters. The van der Waals surface area contributed by atoms with E-state index in [1.165, 1.54) is 12.8 Å². The molecule has 2 aliphatic rings. The van der Waals surface area contributed by atoms with Gasteiger partial charge in [-0.05, 0) is 19.3 Å². The van der Waals surface area contributed by atoms with Gasteiger partial charge in [0.1, 0.15) is 6.29 Å². The molecule has 1 aliphatic heterocycles. The lowest BCUT2D eigenvalue weighted by Crippen LogP contribution is -2.16. The average molecular weight is 126 g/mol. The number of ether oxygens (including phenoxy) is 1. The van der Waals surface area contributed by atoms with E-state index < -0.39 is 0 Å². The van der Waals surface area contributed by atoms with Crippen LogP contribution in [0.5, 0.6) is 0 Å². The lowest BCUT2D eigenvalue weighted by atomic mass is 9.91. The lowest BCUT2D eigenvalue weighted by Gasteiger charge is -2.09. The van der Waals surface area contributed by atoms with Crippen molar-refractivity contribution in [2.24, 2.45) is 5.92 Å². The summed E-state index contributed by atoms with van der Waals surface area (Å²) >= 11 is 0. The molecule has 0 aromatic heterocycles. The van der Waals surface area contributed by atoms with Crippen LogP contribution in [0, 0.1) is 5.92 Å². The van der Waals surface area contributed by atoms with E-state index in [1.54, 1.807) is 0 Å². The number of aldehydes is 1. The molecule has 9 heavy (non-hydrogen) atoms. The minimum Gasteiger partial charge on any atom is -0.369 e. The van der Waals surface area contributed by atoms with Crippen LogP contribution in [0.15, 0.2) is 0 Å². The van der Waals surface area contributed by atoms with E-state index in [-0.39, 0.29) is 5.92 Å². The van der Waals surface area contributed by atoms with Crippen molar-refractivity contribution in [3.05, 3.63) is 0 Å². The Labute approximate surface area is 54.2 Å². The highest BCUT2D eigenvalue weighted by atomic mass is 16.6. The van der Waals surface area contributed by atoms with Crippen molar-refractivity contribution in [1.82, 2.24) is 0 Å². The maximum absolute atomic E-state index is 10.3. The molecule has 1 heterocycles. The second kappa shape index (κ2) is 1.81. The summed E-state index contributed by atoms with van der Waals surface area (Å²) in [6, 6.07) is 0. The molecular formula is C7H10O2. The molecule has 2 fully saturated rings. The average Bonchev–Trinajstić information content (AvgIpc) is 2.64. The maximum atomic E-state index is 10.3. The van der Waals surface area contributed by atoms with Crippen molar-refractivity contribution >= 4 is 6.29 Å². The Bertz CT molecular complexity index is 133. The van der Waals surface area contributed by atoms with E-state index in [0.29, 0.717) is 12.2 Å². The monoisotopic (exact) mass is 126 g/mol. The maximum Gasteiger partial charge on any atom is 0.125 e. The molecule has 0 radical (unpaired) electrons. The summed E-state index contributed by atoms with van der Waals surface area (Å²) in [6.45, 7) is 0. The van der Waals surface area contributed by atoms with Gasteiger partial charge in [0.15, 0.2) is 0 Å². The first-order valence-electron chi connectivity index (χ1n) is 3.52. The predicted octanol–water partition coefficient (Wildman–Crippen LogP) is 0.753. The van der Waals surface area contributed by atoms with Crippen LogP contribution >= 0.6 is 0 Å². The van der Waals surface area contributed by atoms with E-state index in [0.717, 1.165) is 12.7 Å². The highest BCUT2D eigenvalue weighted by Gasteiger charge is 2.46. The zero-order valence-corrected chi connectivity index (χ0v) is 5.25. The van der Waals surface area contributed by atoms with Crippen LogP contribution in [0.2, 0.25) is 0 Å². The fourth-order valence-electron chi connectivity index (χ4n) is 1.63. The first-order chi connectivity index (χ1) is 4.42. The van der Waals surface area contributed by atoms with Crippen molar-refractivity contribution in [2.75, 3.05) is 0 Å². The fraction of sp³-hybridized carbons (Fsp3) is 0.857. The van der Waals surface area contributed by atoms with Crippen LogP contribution in [-0.2, 0) is 9.53 Å². The zero-order chi connectivity index (χ0) is 6.27. The third kappa shape index (κ3) is 0.778. The van der Waals surface area contributed by atoms with Gasteiger partial charge in [-0.2, -0.15) is 0 Å².